The first-order valence-corrected chi connectivity index (χ1v) is 5.80. The van der Waals surface area contributed by atoms with Crippen molar-refractivity contribution in [2.45, 2.75) is 19.0 Å². The molecule has 0 aromatic heterocycles. The van der Waals surface area contributed by atoms with Gasteiger partial charge in [0.2, 0.25) is 0 Å². The molecule has 0 aliphatic carbocycles. The van der Waals surface area contributed by atoms with E-state index in [1.54, 1.807) is 0 Å². The van der Waals surface area contributed by atoms with Crippen LogP contribution in [0.5, 0.6) is 11.5 Å². The first-order valence-electron chi connectivity index (χ1n) is 5.80. The number of hydrogen-bond donors (Lipinski definition) is 0. The van der Waals surface area contributed by atoms with Crippen LogP contribution in [0.2, 0.25) is 0 Å². The predicted octanol–water partition coefficient (Wildman–Crippen LogP) is 2.91. The van der Waals surface area contributed by atoms with E-state index >= 15 is 0 Å². The van der Waals surface area contributed by atoms with E-state index in [2.05, 4.69) is 4.74 Å². The van der Waals surface area contributed by atoms with Crippen molar-refractivity contribution in [2.75, 3.05) is 20.8 Å². The maximum atomic E-state index is 13.0. The Morgan fingerprint density at radius 2 is 1.80 bits per heavy atom. The lowest BCUT2D eigenvalue weighted by molar-refractivity contribution is -0.180. The molecular formula is C13H15F3O4. The van der Waals surface area contributed by atoms with Gasteiger partial charge in [0, 0.05) is 0 Å². The largest absolute Gasteiger partial charge is 0.493 e. The van der Waals surface area contributed by atoms with Crippen molar-refractivity contribution < 1.29 is 32.2 Å². The summed E-state index contributed by atoms with van der Waals surface area (Å²) in [5.41, 5.74) is -0.256. The Labute approximate surface area is 114 Å². The lowest BCUT2D eigenvalue weighted by atomic mass is 9.98. The van der Waals surface area contributed by atoms with Crippen molar-refractivity contribution in [1.82, 2.24) is 0 Å². The molecule has 0 radical (unpaired) electrons. The quantitative estimate of drug-likeness (QED) is 0.783. The van der Waals surface area contributed by atoms with Gasteiger partial charge in [-0.15, -0.1) is 0 Å². The van der Waals surface area contributed by atoms with Gasteiger partial charge in [-0.25, -0.2) is 0 Å². The van der Waals surface area contributed by atoms with E-state index < -0.39 is 18.1 Å². The van der Waals surface area contributed by atoms with E-state index in [4.69, 9.17) is 9.47 Å². The van der Waals surface area contributed by atoms with Crippen molar-refractivity contribution in [3.8, 4) is 11.5 Å². The van der Waals surface area contributed by atoms with Gasteiger partial charge in [0.15, 0.2) is 17.4 Å². The molecule has 0 saturated heterocycles. The molecule has 1 aromatic rings. The van der Waals surface area contributed by atoms with Gasteiger partial charge in [-0.2, -0.15) is 13.2 Å². The van der Waals surface area contributed by atoms with Gasteiger partial charge in [-0.3, -0.25) is 4.79 Å². The Bertz CT molecular complexity index is 471. The number of rotatable bonds is 5. The van der Waals surface area contributed by atoms with E-state index in [-0.39, 0.29) is 23.7 Å². The third-order valence-corrected chi connectivity index (χ3v) is 2.59. The number of benzene rings is 1. The third kappa shape index (κ3) is 3.55. The Morgan fingerprint density at radius 1 is 1.20 bits per heavy atom. The third-order valence-electron chi connectivity index (χ3n) is 2.59. The highest BCUT2D eigenvalue weighted by Crippen LogP contribution is 2.39. The zero-order valence-corrected chi connectivity index (χ0v) is 11.3. The summed E-state index contributed by atoms with van der Waals surface area (Å²) in [6, 6.07) is 3.59. The Hall–Kier alpha value is -1.92. The summed E-state index contributed by atoms with van der Waals surface area (Å²) in [7, 11) is 2.67. The van der Waals surface area contributed by atoms with Crippen LogP contribution < -0.4 is 9.47 Å². The minimum absolute atomic E-state index is 0.114. The Kier molecular flexibility index (Phi) is 5.24. The molecule has 0 heterocycles. The molecule has 1 aromatic carbocycles. The molecule has 0 spiro atoms. The maximum absolute atomic E-state index is 13.0. The van der Waals surface area contributed by atoms with Crippen molar-refractivity contribution >= 4 is 5.97 Å². The van der Waals surface area contributed by atoms with Crippen LogP contribution in [-0.2, 0) is 9.53 Å². The average molecular weight is 292 g/mol. The smallest absolute Gasteiger partial charge is 0.406 e. The number of methoxy groups -OCH3 is 2. The van der Waals surface area contributed by atoms with Crippen molar-refractivity contribution in [3.63, 3.8) is 0 Å². The van der Waals surface area contributed by atoms with Crippen molar-refractivity contribution in [2.24, 2.45) is 0 Å². The normalized spacial score (nSPS) is 12.7. The van der Waals surface area contributed by atoms with E-state index in [9.17, 15) is 18.0 Å². The zero-order chi connectivity index (χ0) is 15.3. The average Bonchev–Trinajstić information content (AvgIpc) is 2.37. The monoisotopic (exact) mass is 292 g/mol. The van der Waals surface area contributed by atoms with Gasteiger partial charge in [-0.05, 0) is 24.6 Å². The second-order valence-electron chi connectivity index (χ2n) is 3.84. The van der Waals surface area contributed by atoms with Gasteiger partial charge in [0.1, 0.15) is 0 Å². The second kappa shape index (κ2) is 6.49. The minimum Gasteiger partial charge on any atom is -0.493 e. The minimum atomic E-state index is -4.74. The molecule has 112 valence electrons. The van der Waals surface area contributed by atoms with E-state index in [0.717, 1.165) is 12.1 Å². The zero-order valence-electron chi connectivity index (χ0n) is 11.3. The lowest BCUT2D eigenvalue weighted by Crippen LogP contribution is -2.30. The first kappa shape index (κ1) is 16.1. The van der Waals surface area contributed by atoms with E-state index in [1.807, 2.05) is 0 Å². The van der Waals surface area contributed by atoms with Gasteiger partial charge >= 0.3 is 12.1 Å². The number of halogens is 3. The molecule has 0 aliphatic heterocycles. The standard InChI is InChI=1S/C13H15F3O4/c1-4-20-12(17)11(13(14,15)16)8-5-6-9(18-2)10(7-8)19-3/h5-7,11H,4H2,1-3H3/t11-/m1/s1. The molecule has 20 heavy (non-hydrogen) atoms. The highest BCUT2D eigenvalue weighted by atomic mass is 19.4. The van der Waals surface area contributed by atoms with Crippen LogP contribution in [0.15, 0.2) is 18.2 Å². The van der Waals surface area contributed by atoms with E-state index in [0.29, 0.717) is 0 Å². The summed E-state index contributed by atoms with van der Waals surface area (Å²) in [6.45, 7) is 1.32. The lowest BCUT2D eigenvalue weighted by Gasteiger charge is -2.20. The maximum Gasteiger partial charge on any atom is 0.406 e. The van der Waals surface area contributed by atoms with Crippen molar-refractivity contribution in [1.29, 1.82) is 0 Å². The van der Waals surface area contributed by atoms with Crippen LogP contribution in [0.3, 0.4) is 0 Å². The van der Waals surface area contributed by atoms with Crippen LogP contribution in [0.1, 0.15) is 18.4 Å². The number of esters is 1. The predicted molar refractivity (Wildman–Crippen MR) is 65.0 cm³/mol. The van der Waals surface area contributed by atoms with Gasteiger partial charge in [0.05, 0.1) is 20.8 Å². The molecule has 1 atom stereocenters. The number of alkyl halides is 3. The highest BCUT2D eigenvalue weighted by Gasteiger charge is 2.47. The van der Waals surface area contributed by atoms with Gasteiger partial charge in [-0.1, -0.05) is 6.07 Å². The number of hydrogen-bond acceptors (Lipinski definition) is 4. The molecule has 4 nitrogen and oxygen atoms in total. The second-order valence-corrected chi connectivity index (χ2v) is 3.84. The fourth-order valence-corrected chi connectivity index (χ4v) is 1.72. The number of ether oxygens (including phenoxy) is 3. The Morgan fingerprint density at radius 3 is 2.25 bits per heavy atom. The number of carbonyl (C=O) groups is 1. The molecule has 0 unspecified atom stereocenters. The molecule has 7 heteroatoms. The summed E-state index contributed by atoms with van der Waals surface area (Å²) in [6.07, 6.45) is -4.74. The number of carbonyl (C=O) groups excluding carboxylic acids is 1. The van der Waals surface area contributed by atoms with Gasteiger partial charge < -0.3 is 14.2 Å². The summed E-state index contributed by atoms with van der Waals surface area (Å²) in [5.74, 6) is -3.29. The molecule has 0 aliphatic rings. The molecular weight excluding hydrogens is 277 g/mol. The van der Waals surface area contributed by atoms with Gasteiger partial charge in [0.25, 0.3) is 0 Å². The summed E-state index contributed by atoms with van der Waals surface area (Å²) < 4.78 is 53.4. The molecule has 1 rings (SSSR count). The van der Waals surface area contributed by atoms with Crippen LogP contribution in [0, 0.1) is 0 Å². The first-order chi connectivity index (χ1) is 9.35. The summed E-state index contributed by atoms with van der Waals surface area (Å²) >= 11 is 0. The highest BCUT2D eigenvalue weighted by molar-refractivity contribution is 5.79. The van der Waals surface area contributed by atoms with E-state index in [1.165, 1.54) is 27.2 Å². The molecule has 0 N–H and O–H groups in total. The SMILES string of the molecule is CCOC(=O)[C@@H](c1ccc(OC)c(OC)c1)C(F)(F)F. The fraction of sp³-hybridized carbons (Fsp3) is 0.462. The van der Waals surface area contributed by atoms with Crippen LogP contribution in [-0.4, -0.2) is 33.0 Å². The summed E-state index contributed by atoms with van der Waals surface area (Å²) in [5, 5.41) is 0. The molecule has 0 bridgehead atoms. The topological polar surface area (TPSA) is 44.8 Å². The van der Waals surface area contributed by atoms with Crippen LogP contribution in [0.25, 0.3) is 0 Å². The van der Waals surface area contributed by atoms with Crippen molar-refractivity contribution in [3.05, 3.63) is 23.8 Å². The fourth-order valence-electron chi connectivity index (χ4n) is 1.72. The Balaban J connectivity index is 3.24. The molecule has 0 amide bonds. The molecule has 0 saturated carbocycles. The van der Waals surface area contributed by atoms with Crippen LogP contribution >= 0.6 is 0 Å². The summed E-state index contributed by atoms with van der Waals surface area (Å²) in [4.78, 5) is 11.5. The molecule has 0 fully saturated rings. The van der Waals surface area contributed by atoms with Crippen LogP contribution in [0.4, 0.5) is 13.2 Å².